The molecular formula is C13H15ClO3. The number of esters is 1. The van der Waals surface area contributed by atoms with E-state index in [1.165, 1.54) is 0 Å². The Morgan fingerprint density at radius 3 is 2.71 bits per heavy atom. The van der Waals surface area contributed by atoms with E-state index in [4.69, 9.17) is 16.3 Å². The number of hydrogen-bond acceptors (Lipinski definition) is 3. The molecule has 1 atom stereocenters. The number of aliphatic hydroxyl groups is 1. The van der Waals surface area contributed by atoms with Crippen molar-refractivity contribution >= 4 is 23.6 Å². The molecule has 17 heavy (non-hydrogen) atoms. The first-order chi connectivity index (χ1) is 8.11. The predicted molar refractivity (Wildman–Crippen MR) is 67.7 cm³/mol. The SMILES string of the molecule is CCOC(=O)CC(O)C=Cc1ccc(Cl)cc1. The Bertz CT molecular complexity index is 384. The first-order valence-corrected chi connectivity index (χ1v) is 5.77. The average Bonchev–Trinajstić information content (AvgIpc) is 2.28. The largest absolute Gasteiger partial charge is 0.466 e. The van der Waals surface area contributed by atoms with Gasteiger partial charge in [-0.1, -0.05) is 35.9 Å². The molecule has 0 radical (unpaired) electrons. The fraction of sp³-hybridized carbons (Fsp3) is 0.308. The van der Waals surface area contributed by atoms with Gasteiger partial charge in [-0.2, -0.15) is 0 Å². The summed E-state index contributed by atoms with van der Waals surface area (Å²) < 4.78 is 4.73. The molecule has 1 aromatic rings. The Labute approximate surface area is 106 Å². The van der Waals surface area contributed by atoms with Crippen LogP contribution in [0.2, 0.25) is 5.02 Å². The van der Waals surface area contributed by atoms with Crippen LogP contribution in [0.4, 0.5) is 0 Å². The van der Waals surface area contributed by atoms with Crippen molar-refractivity contribution in [3.63, 3.8) is 0 Å². The van der Waals surface area contributed by atoms with Crippen molar-refractivity contribution < 1.29 is 14.6 Å². The second kappa shape index (κ2) is 7.09. The van der Waals surface area contributed by atoms with Gasteiger partial charge in [-0.25, -0.2) is 0 Å². The molecule has 0 aromatic heterocycles. The molecule has 0 aliphatic heterocycles. The van der Waals surface area contributed by atoms with E-state index in [9.17, 15) is 9.90 Å². The van der Waals surface area contributed by atoms with E-state index in [1.54, 1.807) is 31.2 Å². The minimum atomic E-state index is -0.829. The van der Waals surface area contributed by atoms with Crippen LogP contribution in [0.15, 0.2) is 30.3 Å². The number of carbonyl (C=O) groups is 1. The Morgan fingerprint density at radius 2 is 2.12 bits per heavy atom. The summed E-state index contributed by atoms with van der Waals surface area (Å²) in [7, 11) is 0. The number of aliphatic hydroxyl groups excluding tert-OH is 1. The maximum Gasteiger partial charge on any atom is 0.308 e. The van der Waals surface area contributed by atoms with Crippen molar-refractivity contribution in [1.82, 2.24) is 0 Å². The van der Waals surface area contributed by atoms with Crippen LogP contribution in [0.3, 0.4) is 0 Å². The first-order valence-electron chi connectivity index (χ1n) is 5.39. The zero-order valence-corrected chi connectivity index (χ0v) is 10.4. The van der Waals surface area contributed by atoms with Crippen LogP contribution in [-0.2, 0) is 9.53 Å². The number of benzene rings is 1. The van der Waals surface area contributed by atoms with Crippen molar-refractivity contribution in [1.29, 1.82) is 0 Å². The minimum absolute atomic E-state index is 0.0298. The monoisotopic (exact) mass is 254 g/mol. The van der Waals surface area contributed by atoms with E-state index in [1.807, 2.05) is 12.1 Å². The number of carbonyl (C=O) groups excluding carboxylic acids is 1. The Kier molecular flexibility index (Phi) is 5.73. The van der Waals surface area contributed by atoms with Crippen LogP contribution in [0.5, 0.6) is 0 Å². The molecule has 92 valence electrons. The Morgan fingerprint density at radius 1 is 1.47 bits per heavy atom. The standard InChI is InChI=1S/C13H15ClO3/c1-2-17-13(16)9-12(15)8-5-10-3-6-11(14)7-4-10/h3-8,12,15H,2,9H2,1H3. The smallest absolute Gasteiger partial charge is 0.308 e. The number of halogens is 1. The molecule has 1 rings (SSSR count). The molecule has 0 saturated carbocycles. The molecule has 1 aromatic carbocycles. The van der Waals surface area contributed by atoms with Gasteiger partial charge in [0.1, 0.15) is 0 Å². The Balaban J connectivity index is 2.47. The maximum atomic E-state index is 11.1. The second-order valence-corrected chi connectivity index (χ2v) is 3.92. The molecule has 1 N–H and O–H groups in total. The van der Waals surface area contributed by atoms with E-state index in [0.29, 0.717) is 11.6 Å². The van der Waals surface area contributed by atoms with Gasteiger partial charge >= 0.3 is 5.97 Å². The molecule has 3 nitrogen and oxygen atoms in total. The summed E-state index contributed by atoms with van der Waals surface area (Å²) >= 11 is 5.74. The number of rotatable bonds is 5. The fourth-order valence-electron chi connectivity index (χ4n) is 1.25. The minimum Gasteiger partial charge on any atom is -0.466 e. The summed E-state index contributed by atoms with van der Waals surface area (Å²) in [6.45, 7) is 2.06. The van der Waals surface area contributed by atoms with Gasteiger partial charge in [-0.3, -0.25) is 4.79 Å². The molecule has 0 fully saturated rings. The summed E-state index contributed by atoms with van der Waals surface area (Å²) in [4.78, 5) is 11.1. The summed E-state index contributed by atoms with van der Waals surface area (Å²) in [6, 6.07) is 7.18. The van der Waals surface area contributed by atoms with Crippen LogP contribution in [0.25, 0.3) is 6.08 Å². The molecule has 0 spiro atoms. The van der Waals surface area contributed by atoms with Crippen molar-refractivity contribution in [2.75, 3.05) is 6.61 Å². The fourth-order valence-corrected chi connectivity index (χ4v) is 1.38. The third-order valence-corrected chi connectivity index (χ3v) is 2.31. The normalized spacial score (nSPS) is 12.6. The maximum absolute atomic E-state index is 11.1. The molecule has 0 aliphatic carbocycles. The lowest BCUT2D eigenvalue weighted by Gasteiger charge is -2.04. The van der Waals surface area contributed by atoms with Gasteiger partial charge in [-0.15, -0.1) is 0 Å². The van der Waals surface area contributed by atoms with Crippen LogP contribution in [0.1, 0.15) is 18.9 Å². The summed E-state index contributed by atoms with van der Waals surface area (Å²) in [5.74, 6) is -0.402. The number of hydrogen-bond donors (Lipinski definition) is 1. The lowest BCUT2D eigenvalue weighted by molar-refractivity contribution is -0.144. The van der Waals surface area contributed by atoms with Crippen molar-refractivity contribution in [3.05, 3.63) is 40.9 Å². The van der Waals surface area contributed by atoms with Crippen molar-refractivity contribution in [2.45, 2.75) is 19.4 Å². The molecule has 0 saturated heterocycles. The molecule has 4 heteroatoms. The Hall–Kier alpha value is -1.32. The highest BCUT2D eigenvalue weighted by Crippen LogP contribution is 2.11. The highest BCUT2D eigenvalue weighted by Gasteiger charge is 2.07. The van der Waals surface area contributed by atoms with E-state index in [-0.39, 0.29) is 6.42 Å². The van der Waals surface area contributed by atoms with Crippen LogP contribution in [0, 0.1) is 0 Å². The molecule has 0 aliphatic rings. The van der Waals surface area contributed by atoms with Crippen LogP contribution in [-0.4, -0.2) is 23.8 Å². The van der Waals surface area contributed by atoms with E-state index in [0.717, 1.165) is 5.56 Å². The van der Waals surface area contributed by atoms with Crippen LogP contribution >= 0.6 is 11.6 Å². The van der Waals surface area contributed by atoms with Crippen LogP contribution < -0.4 is 0 Å². The quantitative estimate of drug-likeness (QED) is 0.822. The molecule has 0 amide bonds. The highest BCUT2D eigenvalue weighted by molar-refractivity contribution is 6.30. The van der Waals surface area contributed by atoms with E-state index >= 15 is 0 Å². The molecular weight excluding hydrogens is 240 g/mol. The second-order valence-electron chi connectivity index (χ2n) is 3.49. The van der Waals surface area contributed by atoms with Gasteiger partial charge in [-0.05, 0) is 24.6 Å². The first kappa shape index (κ1) is 13.7. The molecule has 0 heterocycles. The summed E-state index contributed by atoms with van der Waals surface area (Å²) in [5.41, 5.74) is 0.914. The lowest BCUT2D eigenvalue weighted by Crippen LogP contribution is -2.13. The van der Waals surface area contributed by atoms with Gasteiger partial charge in [0.25, 0.3) is 0 Å². The van der Waals surface area contributed by atoms with Gasteiger partial charge < -0.3 is 9.84 Å². The third kappa shape index (κ3) is 5.52. The van der Waals surface area contributed by atoms with E-state index in [2.05, 4.69) is 0 Å². The molecule has 1 unspecified atom stereocenters. The summed E-state index contributed by atoms with van der Waals surface area (Å²) in [6.07, 6.45) is 2.43. The molecule has 0 bridgehead atoms. The average molecular weight is 255 g/mol. The third-order valence-electron chi connectivity index (χ3n) is 2.06. The highest BCUT2D eigenvalue weighted by atomic mass is 35.5. The zero-order valence-electron chi connectivity index (χ0n) is 9.60. The number of ether oxygens (including phenoxy) is 1. The van der Waals surface area contributed by atoms with Gasteiger partial charge in [0.05, 0.1) is 19.1 Å². The lowest BCUT2D eigenvalue weighted by atomic mass is 10.1. The van der Waals surface area contributed by atoms with Crippen molar-refractivity contribution in [2.24, 2.45) is 0 Å². The van der Waals surface area contributed by atoms with Crippen molar-refractivity contribution in [3.8, 4) is 0 Å². The summed E-state index contributed by atoms with van der Waals surface area (Å²) in [5, 5.41) is 10.2. The van der Waals surface area contributed by atoms with E-state index < -0.39 is 12.1 Å². The van der Waals surface area contributed by atoms with Gasteiger partial charge in [0.15, 0.2) is 0 Å². The topological polar surface area (TPSA) is 46.5 Å². The van der Waals surface area contributed by atoms with Gasteiger partial charge in [0, 0.05) is 5.02 Å². The van der Waals surface area contributed by atoms with Gasteiger partial charge in [0.2, 0.25) is 0 Å². The zero-order chi connectivity index (χ0) is 12.7. The predicted octanol–water partition coefficient (Wildman–Crippen LogP) is 2.67.